The highest BCUT2D eigenvalue weighted by Crippen LogP contribution is 2.39. The summed E-state index contributed by atoms with van der Waals surface area (Å²) >= 11 is 0. The minimum absolute atomic E-state index is 0.0485. The van der Waals surface area contributed by atoms with Crippen molar-refractivity contribution in [2.75, 3.05) is 7.05 Å². The van der Waals surface area contributed by atoms with Crippen LogP contribution in [0.4, 0.5) is 0 Å². The SMILES string of the molecule is CN1N=C(c2ccccc2)CC(=O)C2=C1CC(C)(C)CC2=O. The van der Waals surface area contributed by atoms with E-state index in [1.165, 1.54) is 0 Å². The number of benzene rings is 1. The smallest absolute Gasteiger partial charge is 0.174 e. The largest absolute Gasteiger partial charge is 0.294 e. The van der Waals surface area contributed by atoms with Crippen LogP contribution in [0.5, 0.6) is 0 Å². The van der Waals surface area contributed by atoms with Crippen molar-refractivity contribution in [2.45, 2.75) is 33.1 Å². The molecule has 0 bridgehead atoms. The van der Waals surface area contributed by atoms with Gasteiger partial charge in [0.25, 0.3) is 0 Å². The maximum atomic E-state index is 12.6. The van der Waals surface area contributed by atoms with Gasteiger partial charge >= 0.3 is 0 Å². The van der Waals surface area contributed by atoms with E-state index >= 15 is 0 Å². The topological polar surface area (TPSA) is 49.7 Å². The highest BCUT2D eigenvalue weighted by Gasteiger charge is 2.38. The summed E-state index contributed by atoms with van der Waals surface area (Å²) < 4.78 is 0. The summed E-state index contributed by atoms with van der Waals surface area (Å²) in [4.78, 5) is 25.1. The summed E-state index contributed by atoms with van der Waals surface area (Å²) in [5, 5.41) is 6.32. The Morgan fingerprint density at radius 3 is 2.41 bits per heavy atom. The number of Topliss-reactive ketones (excluding diaryl/α,β-unsaturated/α-hetero) is 2. The van der Waals surface area contributed by atoms with Crippen LogP contribution in [0.25, 0.3) is 0 Å². The number of carbonyl (C=O) groups is 2. The highest BCUT2D eigenvalue weighted by molar-refractivity contribution is 6.27. The molecule has 1 aromatic carbocycles. The van der Waals surface area contributed by atoms with E-state index in [-0.39, 0.29) is 23.4 Å². The van der Waals surface area contributed by atoms with E-state index in [0.717, 1.165) is 11.3 Å². The zero-order chi connectivity index (χ0) is 15.9. The van der Waals surface area contributed by atoms with Crippen molar-refractivity contribution in [3.63, 3.8) is 0 Å². The van der Waals surface area contributed by atoms with E-state index < -0.39 is 0 Å². The third-order valence-electron chi connectivity index (χ3n) is 4.23. The monoisotopic (exact) mass is 296 g/mol. The van der Waals surface area contributed by atoms with Crippen LogP contribution in [0.1, 0.15) is 38.7 Å². The van der Waals surface area contributed by atoms with Gasteiger partial charge in [-0.25, -0.2) is 0 Å². The molecule has 4 heteroatoms. The Balaban J connectivity index is 2.04. The second-order valence-corrected chi connectivity index (χ2v) is 6.80. The third kappa shape index (κ3) is 2.61. The maximum Gasteiger partial charge on any atom is 0.174 e. The Kier molecular flexibility index (Phi) is 3.47. The zero-order valence-corrected chi connectivity index (χ0v) is 13.2. The summed E-state index contributed by atoms with van der Waals surface area (Å²) in [5.74, 6) is -0.157. The Morgan fingerprint density at radius 2 is 1.73 bits per heavy atom. The molecule has 1 aliphatic carbocycles. The second-order valence-electron chi connectivity index (χ2n) is 6.80. The van der Waals surface area contributed by atoms with Crippen molar-refractivity contribution < 1.29 is 9.59 Å². The fraction of sp³-hybridized carbons (Fsp3) is 0.389. The number of hydrazone groups is 1. The lowest BCUT2D eigenvalue weighted by Crippen LogP contribution is -2.32. The minimum atomic E-state index is -0.128. The van der Waals surface area contributed by atoms with Gasteiger partial charge in [0.1, 0.15) is 0 Å². The molecule has 0 unspecified atom stereocenters. The van der Waals surface area contributed by atoms with Gasteiger partial charge in [-0.3, -0.25) is 14.6 Å². The summed E-state index contributed by atoms with van der Waals surface area (Å²) in [7, 11) is 1.82. The van der Waals surface area contributed by atoms with E-state index in [1.54, 1.807) is 5.01 Å². The van der Waals surface area contributed by atoms with E-state index in [1.807, 2.05) is 37.4 Å². The zero-order valence-electron chi connectivity index (χ0n) is 13.2. The maximum absolute atomic E-state index is 12.6. The van der Waals surface area contributed by atoms with Gasteiger partial charge in [-0.15, -0.1) is 0 Å². The molecular weight excluding hydrogens is 276 g/mol. The molecule has 114 valence electrons. The van der Waals surface area contributed by atoms with Gasteiger partial charge in [-0.05, 0) is 17.4 Å². The van der Waals surface area contributed by atoms with Crippen molar-refractivity contribution in [2.24, 2.45) is 10.5 Å². The number of rotatable bonds is 1. The molecule has 0 aromatic heterocycles. The van der Waals surface area contributed by atoms with Gasteiger partial charge in [0, 0.05) is 13.5 Å². The first-order chi connectivity index (χ1) is 10.4. The third-order valence-corrected chi connectivity index (χ3v) is 4.23. The molecule has 0 fully saturated rings. The van der Waals surface area contributed by atoms with Gasteiger partial charge in [0.05, 0.1) is 23.4 Å². The predicted molar refractivity (Wildman–Crippen MR) is 85.4 cm³/mol. The summed E-state index contributed by atoms with van der Waals surface area (Å²) in [6.45, 7) is 4.11. The Hall–Kier alpha value is -2.23. The van der Waals surface area contributed by atoms with Gasteiger partial charge < -0.3 is 0 Å². The first-order valence-corrected chi connectivity index (χ1v) is 7.53. The van der Waals surface area contributed by atoms with Crippen molar-refractivity contribution in [3.05, 3.63) is 47.2 Å². The second kappa shape index (κ2) is 5.20. The van der Waals surface area contributed by atoms with Gasteiger partial charge in [-0.2, -0.15) is 5.10 Å². The first kappa shape index (κ1) is 14.7. The molecule has 0 spiro atoms. The Morgan fingerprint density at radius 1 is 1.05 bits per heavy atom. The molecule has 1 aromatic rings. The molecule has 22 heavy (non-hydrogen) atoms. The Labute approximate surface area is 130 Å². The quantitative estimate of drug-likeness (QED) is 0.749. The van der Waals surface area contributed by atoms with Crippen molar-refractivity contribution in [1.29, 1.82) is 0 Å². The van der Waals surface area contributed by atoms with Crippen LogP contribution in [0.15, 0.2) is 46.7 Å². The van der Waals surface area contributed by atoms with Gasteiger partial charge in [-0.1, -0.05) is 44.2 Å². The molecule has 2 aliphatic rings. The molecule has 3 rings (SSSR count). The van der Waals surface area contributed by atoms with Crippen LogP contribution in [0.3, 0.4) is 0 Å². The molecule has 4 nitrogen and oxygen atoms in total. The molecule has 0 amide bonds. The predicted octanol–water partition coefficient (Wildman–Crippen LogP) is 2.94. The average molecular weight is 296 g/mol. The molecule has 0 radical (unpaired) electrons. The molecule has 0 N–H and O–H groups in total. The highest BCUT2D eigenvalue weighted by atomic mass is 16.1. The van der Waals surface area contributed by atoms with E-state index in [4.69, 9.17) is 0 Å². The standard InChI is InChI=1S/C18H20N2O2/c1-18(2)10-14-17(16(22)11-18)15(21)9-13(19-20(14)3)12-7-5-4-6-8-12/h4-8H,9-11H2,1-3H3. The molecular formula is C18H20N2O2. The van der Waals surface area contributed by atoms with Gasteiger partial charge in [0.15, 0.2) is 11.6 Å². The van der Waals surface area contributed by atoms with E-state index in [2.05, 4.69) is 18.9 Å². The summed E-state index contributed by atoms with van der Waals surface area (Å²) in [5.41, 5.74) is 2.63. The number of nitrogens with zero attached hydrogens (tertiary/aromatic N) is 2. The fourth-order valence-electron chi connectivity index (χ4n) is 3.19. The Bertz CT molecular complexity index is 699. The summed E-state index contributed by atoms with van der Waals surface area (Å²) in [6, 6.07) is 9.66. The van der Waals surface area contributed by atoms with Crippen molar-refractivity contribution in [3.8, 4) is 0 Å². The van der Waals surface area contributed by atoms with Crippen LogP contribution in [-0.4, -0.2) is 29.3 Å². The van der Waals surface area contributed by atoms with Crippen molar-refractivity contribution >= 4 is 17.3 Å². The van der Waals surface area contributed by atoms with Crippen LogP contribution >= 0.6 is 0 Å². The van der Waals surface area contributed by atoms with E-state index in [0.29, 0.717) is 24.1 Å². The number of hydrogen-bond acceptors (Lipinski definition) is 4. The first-order valence-electron chi connectivity index (χ1n) is 7.53. The lowest BCUT2D eigenvalue weighted by atomic mass is 9.74. The summed E-state index contributed by atoms with van der Waals surface area (Å²) in [6.07, 6.45) is 1.30. The van der Waals surface area contributed by atoms with E-state index in [9.17, 15) is 9.59 Å². The molecule has 0 saturated heterocycles. The van der Waals surface area contributed by atoms with Crippen LogP contribution in [-0.2, 0) is 9.59 Å². The number of carbonyl (C=O) groups excluding carboxylic acids is 2. The average Bonchev–Trinajstić information content (AvgIpc) is 2.56. The van der Waals surface area contributed by atoms with Crippen molar-refractivity contribution in [1.82, 2.24) is 5.01 Å². The number of allylic oxidation sites excluding steroid dienone is 2. The normalized spacial score (nSPS) is 21.4. The van der Waals surface area contributed by atoms with Gasteiger partial charge in [0.2, 0.25) is 0 Å². The lowest BCUT2D eigenvalue weighted by Gasteiger charge is -2.33. The number of ketones is 2. The fourth-order valence-corrected chi connectivity index (χ4v) is 3.19. The molecule has 0 atom stereocenters. The van der Waals surface area contributed by atoms with Crippen LogP contribution < -0.4 is 0 Å². The van der Waals surface area contributed by atoms with Crippen LogP contribution in [0, 0.1) is 5.41 Å². The molecule has 1 heterocycles. The number of hydrogen-bond donors (Lipinski definition) is 0. The van der Waals surface area contributed by atoms with Crippen LogP contribution in [0.2, 0.25) is 0 Å². The lowest BCUT2D eigenvalue weighted by molar-refractivity contribution is -0.123. The molecule has 0 saturated carbocycles. The minimum Gasteiger partial charge on any atom is -0.294 e. The molecule has 1 aliphatic heterocycles.